The second-order valence-corrected chi connectivity index (χ2v) is 10.8. The fourth-order valence-electron chi connectivity index (χ4n) is 5.32. The monoisotopic (exact) mass is 586 g/mol. The van der Waals surface area contributed by atoms with E-state index in [0.29, 0.717) is 28.5 Å². The predicted octanol–water partition coefficient (Wildman–Crippen LogP) is 8.02. The van der Waals surface area contributed by atoms with E-state index >= 15 is 0 Å². The molecule has 0 aliphatic heterocycles. The van der Waals surface area contributed by atoms with Crippen LogP contribution in [0.15, 0.2) is 91.1 Å². The van der Waals surface area contributed by atoms with Gasteiger partial charge in [0.05, 0.1) is 11.1 Å². The Kier molecular flexibility index (Phi) is 7.25. The van der Waals surface area contributed by atoms with E-state index in [4.69, 9.17) is 5.11 Å². The minimum atomic E-state index is -4.43. The van der Waals surface area contributed by atoms with Crippen molar-refractivity contribution in [3.05, 3.63) is 130 Å². The molecule has 218 valence electrons. The topological polar surface area (TPSA) is 71.3 Å². The normalized spacial score (nSPS) is 13.3. The molecule has 5 aromatic rings. The molecule has 0 bridgehead atoms. The molecule has 5 nitrogen and oxygen atoms in total. The fourth-order valence-corrected chi connectivity index (χ4v) is 5.32. The van der Waals surface area contributed by atoms with Crippen LogP contribution in [0.5, 0.6) is 0 Å². The molecule has 1 fully saturated rings. The number of alkyl halides is 3. The maximum absolute atomic E-state index is 13.8. The van der Waals surface area contributed by atoms with Crippen molar-refractivity contribution in [2.75, 3.05) is 0 Å². The number of benzene rings is 4. The molecule has 6 rings (SSSR count). The Bertz CT molecular complexity index is 1820. The van der Waals surface area contributed by atoms with E-state index in [0.717, 1.165) is 47.2 Å². The molecule has 1 heterocycles. The molecule has 2 N–H and O–H groups in total. The summed E-state index contributed by atoms with van der Waals surface area (Å²) in [7, 11) is 0. The highest BCUT2D eigenvalue weighted by molar-refractivity contribution is 6.09. The number of carboxylic acid groups (broad SMARTS) is 1. The third-order valence-electron chi connectivity index (χ3n) is 7.70. The summed E-state index contributed by atoms with van der Waals surface area (Å²) < 4.78 is 55.3. The van der Waals surface area contributed by atoms with Crippen LogP contribution in [0, 0.1) is 5.82 Å². The third kappa shape index (κ3) is 6.02. The number of aromatic carboxylic acids is 1. The molecule has 1 saturated carbocycles. The zero-order valence-corrected chi connectivity index (χ0v) is 22.8. The lowest BCUT2D eigenvalue weighted by molar-refractivity contribution is -0.137. The van der Waals surface area contributed by atoms with Gasteiger partial charge in [0.2, 0.25) is 0 Å². The van der Waals surface area contributed by atoms with Crippen LogP contribution < -0.4 is 5.32 Å². The molecule has 4 aromatic carbocycles. The van der Waals surface area contributed by atoms with Gasteiger partial charge in [-0.15, -0.1) is 0 Å². The Labute approximate surface area is 244 Å². The van der Waals surface area contributed by atoms with Crippen LogP contribution in [0.4, 0.5) is 17.6 Å². The average molecular weight is 587 g/mol. The van der Waals surface area contributed by atoms with Gasteiger partial charge in [-0.3, -0.25) is 4.79 Å². The largest absolute Gasteiger partial charge is 0.478 e. The van der Waals surface area contributed by atoms with Gasteiger partial charge in [0, 0.05) is 35.2 Å². The second-order valence-electron chi connectivity index (χ2n) is 10.8. The van der Waals surface area contributed by atoms with Crippen LogP contribution in [0.3, 0.4) is 0 Å². The van der Waals surface area contributed by atoms with Crippen LogP contribution in [-0.4, -0.2) is 21.6 Å². The zero-order chi connectivity index (χ0) is 30.3. The van der Waals surface area contributed by atoms with E-state index in [1.807, 2.05) is 12.3 Å². The van der Waals surface area contributed by atoms with Crippen molar-refractivity contribution in [2.45, 2.75) is 38.0 Å². The molecule has 43 heavy (non-hydrogen) atoms. The Morgan fingerprint density at radius 2 is 1.51 bits per heavy atom. The van der Waals surface area contributed by atoms with Gasteiger partial charge in [-0.05, 0) is 95.6 Å². The smallest absolute Gasteiger partial charge is 0.416 e. The van der Waals surface area contributed by atoms with E-state index in [1.165, 1.54) is 36.4 Å². The first-order valence-corrected chi connectivity index (χ1v) is 13.8. The summed E-state index contributed by atoms with van der Waals surface area (Å²) in [5.74, 6) is -1.79. The molecule has 0 atom stereocenters. The van der Waals surface area contributed by atoms with Gasteiger partial charge < -0.3 is 15.0 Å². The van der Waals surface area contributed by atoms with E-state index in [-0.39, 0.29) is 29.9 Å². The number of carbonyl (C=O) groups excluding carboxylic acids is 1. The molecule has 1 amide bonds. The van der Waals surface area contributed by atoms with E-state index in [1.54, 1.807) is 30.3 Å². The third-order valence-corrected chi connectivity index (χ3v) is 7.70. The highest BCUT2D eigenvalue weighted by atomic mass is 19.4. The van der Waals surface area contributed by atoms with Gasteiger partial charge in [-0.2, -0.15) is 13.2 Å². The summed E-state index contributed by atoms with van der Waals surface area (Å²) in [5.41, 5.74) is 4.28. The highest BCUT2D eigenvalue weighted by Gasteiger charge is 2.31. The standard InChI is InChI=1S/C34H26F4N2O3/c35-27-11-7-22(8-12-27)24-16-29(32(41)39-18-21-1-5-23(6-2-21)33(42)43)31-25(19-40(28-13-14-28)30(31)17-24)15-20-3-9-26(10-4-20)34(36,37)38/h1-12,16-17,19,28H,13-15,18H2,(H,39,41)(H,42,43). The Morgan fingerprint density at radius 1 is 0.860 bits per heavy atom. The van der Waals surface area contributed by atoms with Crippen molar-refractivity contribution < 1.29 is 32.3 Å². The number of halogens is 4. The summed E-state index contributed by atoms with van der Waals surface area (Å²) in [5, 5.41) is 12.8. The fraction of sp³-hybridized carbons (Fsp3) is 0.176. The van der Waals surface area contributed by atoms with Crippen molar-refractivity contribution in [1.82, 2.24) is 9.88 Å². The predicted molar refractivity (Wildman–Crippen MR) is 154 cm³/mol. The van der Waals surface area contributed by atoms with Gasteiger partial charge >= 0.3 is 12.1 Å². The SMILES string of the molecule is O=C(O)c1ccc(CNC(=O)c2cc(-c3ccc(F)cc3)cc3c2c(Cc2ccc(C(F)(F)F)cc2)cn3C2CC2)cc1. The molecular weight excluding hydrogens is 560 g/mol. The minimum absolute atomic E-state index is 0.137. The number of hydrogen-bond acceptors (Lipinski definition) is 2. The Balaban J connectivity index is 1.42. The van der Waals surface area contributed by atoms with Crippen LogP contribution in [0.1, 0.15) is 61.9 Å². The van der Waals surface area contributed by atoms with Gasteiger partial charge in [0.15, 0.2) is 0 Å². The Hall–Kier alpha value is -4.92. The lowest BCUT2D eigenvalue weighted by Gasteiger charge is -2.13. The molecule has 9 heteroatoms. The van der Waals surface area contributed by atoms with Crippen LogP contribution in [-0.2, 0) is 19.1 Å². The molecule has 0 unspecified atom stereocenters. The summed E-state index contributed by atoms with van der Waals surface area (Å²) in [4.78, 5) is 25.0. The summed E-state index contributed by atoms with van der Waals surface area (Å²) in [6.07, 6.45) is -0.191. The van der Waals surface area contributed by atoms with E-state index < -0.39 is 17.7 Å². The molecule has 1 aliphatic rings. The van der Waals surface area contributed by atoms with Crippen LogP contribution in [0.25, 0.3) is 22.0 Å². The number of amides is 1. The number of aromatic nitrogens is 1. The Morgan fingerprint density at radius 3 is 2.12 bits per heavy atom. The van der Waals surface area contributed by atoms with Crippen LogP contribution in [0.2, 0.25) is 0 Å². The molecule has 1 aliphatic carbocycles. The summed E-state index contributed by atoms with van der Waals surface area (Å²) in [6, 6.07) is 21.2. The number of carboxylic acids is 1. The number of fused-ring (bicyclic) bond motifs is 1. The number of nitrogens with zero attached hydrogens (tertiary/aromatic N) is 1. The average Bonchev–Trinajstić information content (AvgIpc) is 3.77. The first kappa shape index (κ1) is 28.2. The van der Waals surface area contributed by atoms with Crippen molar-refractivity contribution in [1.29, 1.82) is 0 Å². The lowest BCUT2D eigenvalue weighted by Crippen LogP contribution is -2.23. The van der Waals surface area contributed by atoms with Crippen molar-refractivity contribution in [2.24, 2.45) is 0 Å². The second kappa shape index (κ2) is 11.1. The van der Waals surface area contributed by atoms with Crippen molar-refractivity contribution in [3.63, 3.8) is 0 Å². The maximum atomic E-state index is 13.8. The molecule has 0 saturated heterocycles. The minimum Gasteiger partial charge on any atom is -0.478 e. The lowest BCUT2D eigenvalue weighted by atomic mass is 9.95. The summed E-state index contributed by atoms with van der Waals surface area (Å²) in [6.45, 7) is 0.151. The number of carbonyl (C=O) groups is 2. The van der Waals surface area contributed by atoms with Crippen LogP contribution >= 0.6 is 0 Å². The maximum Gasteiger partial charge on any atom is 0.416 e. The highest BCUT2D eigenvalue weighted by Crippen LogP contribution is 2.42. The number of nitrogens with one attached hydrogen (secondary N) is 1. The van der Waals surface area contributed by atoms with E-state index in [2.05, 4.69) is 9.88 Å². The molecule has 0 radical (unpaired) electrons. The first-order valence-electron chi connectivity index (χ1n) is 13.8. The number of hydrogen-bond donors (Lipinski definition) is 2. The van der Waals surface area contributed by atoms with Gasteiger partial charge in [0.1, 0.15) is 5.82 Å². The van der Waals surface area contributed by atoms with Gasteiger partial charge in [-0.1, -0.05) is 36.4 Å². The molecular formula is C34H26F4N2O3. The molecule has 1 aromatic heterocycles. The van der Waals surface area contributed by atoms with E-state index in [9.17, 15) is 27.2 Å². The quantitative estimate of drug-likeness (QED) is 0.181. The zero-order valence-electron chi connectivity index (χ0n) is 22.8. The number of rotatable bonds is 8. The van der Waals surface area contributed by atoms with Gasteiger partial charge in [0.25, 0.3) is 5.91 Å². The van der Waals surface area contributed by atoms with Crippen molar-refractivity contribution >= 4 is 22.8 Å². The van der Waals surface area contributed by atoms with Gasteiger partial charge in [-0.25, -0.2) is 9.18 Å². The summed E-state index contributed by atoms with van der Waals surface area (Å²) >= 11 is 0. The van der Waals surface area contributed by atoms with Crippen molar-refractivity contribution in [3.8, 4) is 11.1 Å². The first-order chi connectivity index (χ1) is 20.6. The molecule has 0 spiro atoms.